The average Bonchev–Trinajstić information content (AvgIpc) is 2.26. The summed E-state index contributed by atoms with van der Waals surface area (Å²) < 4.78 is 4.76. The van der Waals surface area contributed by atoms with Crippen LogP contribution in [0.25, 0.3) is 0 Å². The van der Waals surface area contributed by atoms with Crippen LogP contribution in [-0.4, -0.2) is 63.2 Å². The van der Waals surface area contributed by atoms with Gasteiger partial charge in [-0.2, -0.15) is 0 Å². The Morgan fingerprint density at radius 1 is 1.40 bits per heavy atom. The minimum absolute atomic E-state index is 0.0396. The molecule has 0 bridgehead atoms. The second kappa shape index (κ2) is 6.08. The Balaban J connectivity index is 2.21. The van der Waals surface area contributed by atoms with Gasteiger partial charge in [-0.25, -0.2) is 0 Å². The highest BCUT2D eigenvalue weighted by Gasteiger charge is 2.25. The maximum Gasteiger partial charge on any atom is 0.308 e. The first kappa shape index (κ1) is 12.5. The van der Waals surface area contributed by atoms with Gasteiger partial charge >= 0.3 is 5.97 Å². The standard InChI is InChI=1S/C11H22N2O2/c1-12(2)8-9-13-6-4-10(5-7-13)11(14)15-3/h10H,4-9H2,1-3H3. The normalized spacial score (nSPS) is 19.5. The van der Waals surface area contributed by atoms with E-state index in [1.165, 1.54) is 7.11 Å². The van der Waals surface area contributed by atoms with E-state index in [0.29, 0.717) is 0 Å². The fourth-order valence-corrected chi connectivity index (χ4v) is 1.90. The lowest BCUT2D eigenvalue weighted by atomic mass is 9.97. The molecule has 1 fully saturated rings. The van der Waals surface area contributed by atoms with Crippen molar-refractivity contribution in [2.45, 2.75) is 12.8 Å². The third-order valence-corrected chi connectivity index (χ3v) is 2.99. The summed E-state index contributed by atoms with van der Waals surface area (Å²) in [5.74, 6) is 0.0906. The Bertz CT molecular complexity index is 199. The molecule has 1 aliphatic heterocycles. The molecule has 0 N–H and O–H groups in total. The smallest absolute Gasteiger partial charge is 0.308 e. The second-order valence-corrected chi connectivity index (χ2v) is 4.44. The van der Waals surface area contributed by atoms with E-state index >= 15 is 0 Å². The monoisotopic (exact) mass is 214 g/mol. The van der Waals surface area contributed by atoms with Gasteiger partial charge < -0.3 is 14.5 Å². The van der Waals surface area contributed by atoms with Crippen molar-refractivity contribution in [1.29, 1.82) is 0 Å². The van der Waals surface area contributed by atoms with Gasteiger partial charge in [0.25, 0.3) is 0 Å². The number of hydrogen-bond donors (Lipinski definition) is 0. The molecule has 0 unspecified atom stereocenters. The van der Waals surface area contributed by atoms with Gasteiger partial charge in [-0.15, -0.1) is 0 Å². The van der Waals surface area contributed by atoms with Crippen molar-refractivity contribution in [2.24, 2.45) is 5.92 Å². The lowest BCUT2D eigenvalue weighted by Crippen LogP contribution is -2.39. The molecule has 1 aliphatic rings. The number of nitrogens with zero attached hydrogens (tertiary/aromatic N) is 2. The zero-order valence-electron chi connectivity index (χ0n) is 10.0. The molecule has 0 radical (unpaired) electrons. The molecule has 4 heteroatoms. The van der Waals surface area contributed by atoms with Crippen LogP contribution < -0.4 is 0 Å². The molecule has 0 atom stereocenters. The molecule has 1 saturated heterocycles. The third kappa shape index (κ3) is 4.18. The molecule has 1 heterocycles. The summed E-state index contributed by atoms with van der Waals surface area (Å²) in [7, 11) is 5.64. The molecular weight excluding hydrogens is 192 g/mol. The fraction of sp³-hybridized carbons (Fsp3) is 0.909. The number of rotatable bonds is 4. The van der Waals surface area contributed by atoms with Gasteiger partial charge in [0.05, 0.1) is 13.0 Å². The van der Waals surface area contributed by atoms with Crippen molar-refractivity contribution in [2.75, 3.05) is 47.4 Å². The summed E-state index contributed by atoms with van der Waals surface area (Å²) in [5.41, 5.74) is 0. The highest BCUT2D eigenvalue weighted by atomic mass is 16.5. The minimum atomic E-state index is -0.0396. The Morgan fingerprint density at radius 3 is 2.47 bits per heavy atom. The lowest BCUT2D eigenvalue weighted by molar-refractivity contribution is -0.147. The predicted octanol–water partition coefficient (Wildman–Crippen LogP) is 0.433. The van der Waals surface area contributed by atoms with Crippen LogP contribution in [0.15, 0.2) is 0 Å². The van der Waals surface area contributed by atoms with Crippen molar-refractivity contribution in [3.05, 3.63) is 0 Å². The van der Waals surface area contributed by atoms with Crippen LogP contribution in [-0.2, 0) is 9.53 Å². The number of likely N-dealkylation sites (tertiary alicyclic amines) is 1. The second-order valence-electron chi connectivity index (χ2n) is 4.44. The Kier molecular flexibility index (Phi) is 5.05. The van der Waals surface area contributed by atoms with E-state index in [2.05, 4.69) is 23.9 Å². The van der Waals surface area contributed by atoms with Gasteiger partial charge in [-0.3, -0.25) is 4.79 Å². The molecule has 0 saturated carbocycles. The molecule has 0 aromatic rings. The first-order valence-electron chi connectivity index (χ1n) is 5.58. The van der Waals surface area contributed by atoms with Crippen molar-refractivity contribution in [1.82, 2.24) is 9.80 Å². The molecule has 4 nitrogen and oxygen atoms in total. The summed E-state index contributed by atoms with van der Waals surface area (Å²) in [4.78, 5) is 15.9. The molecule has 0 aromatic carbocycles. The fourth-order valence-electron chi connectivity index (χ4n) is 1.90. The summed E-state index contributed by atoms with van der Waals surface area (Å²) >= 11 is 0. The van der Waals surface area contributed by atoms with E-state index in [9.17, 15) is 4.79 Å². The first-order valence-corrected chi connectivity index (χ1v) is 5.58. The number of methoxy groups -OCH3 is 1. The average molecular weight is 214 g/mol. The number of carbonyl (C=O) groups excluding carboxylic acids is 1. The van der Waals surface area contributed by atoms with E-state index in [4.69, 9.17) is 4.74 Å². The first-order chi connectivity index (χ1) is 7.13. The van der Waals surface area contributed by atoms with Crippen LogP contribution in [0.3, 0.4) is 0 Å². The van der Waals surface area contributed by atoms with Crippen LogP contribution in [0.1, 0.15) is 12.8 Å². The van der Waals surface area contributed by atoms with Crippen molar-refractivity contribution in [3.63, 3.8) is 0 Å². The van der Waals surface area contributed by atoms with Crippen LogP contribution in [0.5, 0.6) is 0 Å². The van der Waals surface area contributed by atoms with Crippen LogP contribution in [0.4, 0.5) is 0 Å². The minimum Gasteiger partial charge on any atom is -0.469 e. The Hall–Kier alpha value is -0.610. The molecule has 1 rings (SSSR count). The number of carbonyl (C=O) groups is 1. The number of esters is 1. The van der Waals surface area contributed by atoms with Crippen LogP contribution >= 0.6 is 0 Å². The Morgan fingerprint density at radius 2 is 2.00 bits per heavy atom. The highest BCUT2D eigenvalue weighted by molar-refractivity contribution is 5.72. The summed E-state index contributed by atoms with van der Waals surface area (Å²) in [5, 5.41) is 0. The summed E-state index contributed by atoms with van der Waals surface area (Å²) in [6.45, 7) is 4.23. The summed E-state index contributed by atoms with van der Waals surface area (Å²) in [6.07, 6.45) is 1.89. The maximum absolute atomic E-state index is 11.3. The van der Waals surface area contributed by atoms with Crippen molar-refractivity contribution < 1.29 is 9.53 Å². The van der Waals surface area contributed by atoms with E-state index < -0.39 is 0 Å². The van der Waals surface area contributed by atoms with E-state index in [1.807, 2.05) is 0 Å². The SMILES string of the molecule is COC(=O)C1CCN(CCN(C)C)CC1. The number of ether oxygens (including phenoxy) is 1. The molecule has 15 heavy (non-hydrogen) atoms. The zero-order chi connectivity index (χ0) is 11.3. The molecule has 0 aliphatic carbocycles. The van der Waals surface area contributed by atoms with Crippen LogP contribution in [0.2, 0.25) is 0 Å². The number of piperidine rings is 1. The van der Waals surface area contributed by atoms with Crippen molar-refractivity contribution in [3.8, 4) is 0 Å². The molecule has 0 amide bonds. The number of hydrogen-bond acceptors (Lipinski definition) is 4. The van der Waals surface area contributed by atoms with E-state index in [1.54, 1.807) is 0 Å². The zero-order valence-corrected chi connectivity index (χ0v) is 10.0. The molecule has 0 spiro atoms. The maximum atomic E-state index is 11.3. The topological polar surface area (TPSA) is 32.8 Å². The van der Waals surface area contributed by atoms with Gasteiger partial charge in [-0.1, -0.05) is 0 Å². The van der Waals surface area contributed by atoms with Crippen molar-refractivity contribution >= 4 is 5.97 Å². The van der Waals surface area contributed by atoms with E-state index in [0.717, 1.165) is 39.0 Å². The van der Waals surface area contributed by atoms with E-state index in [-0.39, 0.29) is 11.9 Å². The van der Waals surface area contributed by atoms with Gasteiger partial charge in [0.15, 0.2) is 0 Å². The highest BCUT2D eigenvalue weighted by Crippen LogP contribution is 2.17. The summed E-state index contributed by atoms with van der Waals surface area (Å²) in [6, 6.07) is 0. The quantitative estimate of drug-likeness (QED) is 0.636. The molecule has 88 valence electrons. The molecule has 0 aromatic heterocycles. The van der Waals surface area contributed by atoms with Crippen LogP contribution in [0, 0.1) is 5.92 Å². The van der Waals surface area contributed by atoms with Gasteiger partial charge in [0.2, 0.25) is 0 Å². The third-order valence-electron chi connectivity index (χ3n) is 2.99. The molecular formula is C11H22N2O2. The largest absolute Gasteiger partial charge is 0.469 e. The predicted molar refractivity (Wildman–Crippen MR) is 59.7 cm³/mol. The van der Waals surface area contributed by atoms with Gasteiger partial charge in [0, 0.05) is 13.1 Å². The Labute approximate surface area is 92.2 Å². The number of likely N-dealkylation sites (N-methyl/N-ethyl adjacent to an activating group) is 1. The van der Waals surface area contributed by atoms with Gasteiger partial charge in [0.1, 0.15) is 0 Å². The van der Waals surface area contributed by atoms with Gasteiger partial charge in [-0.05, 0) is 40.0 Å². The lowest BCUT2D eigenvalue weighted by Gasteiger charge is -2.31.